The number of aromatic nitrogens is 1. The fourth-order valence-corrected chi connectivity index (χ4v) is 3.00. The molecule has 0 bridgehead atoms. The van der Waals surface area contributed by atoms with Gasteiger partial charge in [0, 0.05) is 11.5 Å². The molecule has 1 fully saturated rings. The maximum Gasteiger partial charge on any atom is 0.341 e. The first-order chi connectivity index (χ1) is 9.68. The summed E-state index contributed by atoms with van der Waals surface area (Å²) in [4.78, 5) is 11.6. The zero-order chi connectivity index (χ0) is 14.1. The van der Waals surface area contributed by atoms with Crippen molar-refractivity contribution in [3.8, 4) is 11.3 Å². The van der Waals surface area contributed by atoms with Gasteiger partial charge in [0.25, 0.3) is 0 Å². The van der Waals surface area contributed by atoms with Crippen LogP contribution in [0.5, 0.6) is 0 Å². The molecule has 0 spiro atoms. The molecular formula is C16H17NO3. The van der Waals surface area contributed by atoms with E-state index in [9.17, 15) is 9.90 Å². The molecule has 0 radical (unpaired) electrons. The van der Waals surface area contributed by atoms with Crippen LogP contribution in [0, 0.1) is 6.92 Å². The van der Waals surface area contributed by atoms with E-state index in [1.54, 1.807) is 0 Å². The molecule has 1 N–H and O–H groups in total. The number of carboxylic acid groups (broad SMARTS) is 1. The van der Waals surface area contributed by atoms with E-state index in [0.717, 1.165) is 36.8 Å². The third-order valence-corrected chi connectivity index (χ3v) is 4.06. The normalized spacial score (nSPS) is 15.7. The second kappa shape index (κ2) is 5.12. The Morgan fingerprint density at radius 2 is 2.00 bits per heavy atom. The van der Waals surface area contributed by atoms with Gasteiger partial charge in [0.05, 0.1) is 0 Å². The summed E-state index contributed by atoms with van der Waals surface area (Å²) < 4.78 is 5.42. The molecule has 3 rings (SSSR count). The minimum absolute atomic E-state index is 0.200. The number of carbonyl (C=O) groups is 1. The molecule has 20 heavy (non-hydrogen) atoms. The number of hydrogen-bond donors (Lipinski definition) is 1. The molecule has 1 aromatic heterocycles. The molecule has 104 valence electrons. The highest BCUT2D eigenvalue weighted by Crippen LogP contribution is 2.39. The molecule has 1 aliphatic carbocycles. The summed E-state index contributed by atoms with van der Waals surface area (Å²) in [7, 11) is 0. The van der Waals surface area contributed by atoms with E-state index in [4.69, 9.17) is 4.52 Å². The van der Waals surface area contributed by atoms with Gasteiger partial charge in [-0.05, 0) is 25.3 Å². The minimum Gasteiger partial charge on any atom is -0.477 e. The zero-order valence-corrected chi connectivity index (χ0v) is 11.4. The summed E-state index contributed by atoms with van der Waals surface area (Å²) in [5.74, 6) is -0.203. The average molecular weight is 271 g/mol. The predicted octanol–water partition coefficient (Wildman–Crippen LogP) is 4.01. The first-order valence-corrected chi connectivity index (χ1v) is 6.97. The second-order valence-corrected chi connectivity index (χ2v) is 5.37. The van der Waals surface area contributed by atoms with Crippen molar-refractivity contribution in [2.75, 3.05) is 0 Å². The highest BCUT2D eigenvalue weighted by atomic mass is 16.5. The fourth-order valence-electron chi connectivity index (χ4n) is 3.00. The van der Waals surface area contributed by atoms with Gasteiger partial charge >= 0.3 is 5.97 Å². The van der Waals surface area contributed by atoms with E-state index in [-0.39, 0.29) is 11.5 Å². The Labute approximate surface area is 117 Å². The van der Waals surface area contributed by atoms with Gasteiger partial charge < -0.3 is 9.63 Å². The van der Waals surface area contributed by atoms with Crippen molar-refractivity contribution in [1.29, 1.82) is 0 Å². The van der Waals surface area contributed by atoms with Crippen molar-refractivity contribution in [3.63, 3.8) is 0 Å². The number of aromatic carboxylic acids is 1. The Hall–Kier alpha value is -2.10. The van der Waals surface area contributed by atoms with Crippen molar-refractivity contribution in [2.24, 2.45) is 0 Å². The molecule has 0 unspecified atom stereocenters. The Balaban J connectivity index is 2.12. The predicted molar refractivity (Wildman–Crippen MR) is 74.8 cm³/mol. The SMILES string of the molecule is Cc1ccccc1-c1noc(C2CCCC2)c1C(=O)O. The molecule has 0 amide bonds. The highest BCUT2D eigenvalue weighted by Gasteiger charge is 2.31. The van der Waals surface area contributed by atoms with Crippen LogP contribution in [0.3, 0.4) is 0 Å². The maximum absolute atomic E-state index is 11.6. The largest absolute Gasteiger partial charge is 0.477 e. The lowest BCUT2D eigenvalue weighted by molar-refractivity contribution is 0.0694. The lowest BCUT2D eigenvalue weighted by atomic mass is 9.96. The number of nitrogens with zero attached hydrogens (tertiary/aromatic N) is 1. The second-order valence-electron chi connectivity index (χ2n) is 5.37. The third-order valence-electron chi connectivity index (χ3n) is 4.06. The lowest BCUT2D eigenvalue weighted by Crippen LogP contribution is -2.04. The Kier molecular flexibility index (Phi) is 3.30. The van der Waals surface area contributed by atoms with Crippen molar-refractivity contribution >= 4 is 5.97 Å². The minimum atomic E-state index is -0.952. The van der Waals surface area contributed by atoms with Gasteiger partial charge in [0.15, 0.2) is 5.76 Å². The van der Waals surface area contributed by atoms with Crippen LogP contribution in [-0.2, 0) is 0 Å². The molecule has 2 aromatic rings. The van der Waals surface area contributed by atoms with E-state index in [1.807, 2.05) is 31.2 Å². The van der Waals surface area contributed by atoms with Gasteiger partial charge in [0.2, 0.25) is 0 Å². The van der Waals surface area contributed by atoms with E-state index < -0.39 is 5.97 Å². The molecule has 1 saturated carbocycles. The maximum atomic E-state index is 11.6. The number of aryl methyl sites for hydroxylation is 1. The van der Waals surface area contributed by atoms with Gasteiger partial charge in [-0.2, -0.15) is 0 Å². The van der Waals surface area contributed by atoms with Crippen molar-refractivity contribution in [1.82, 2.24) is 5.16 Å². The third kappa shape index (κ3) is 2.11. The van der Waals surface area contributed by atoms with E-state index in [1.165, 1.54) is 0 Å². The first-order valence-electron chi connectivity index (χ1n) is 6.97. The molecule has 1 heterocycles. The van der Waals surface area contributed by atoms with Gasteiger partial charge in [-0.15, -0.1) is 0 Å². The molecule has 0 saturated heterocycles. The Bertz CT molecular complexity index is 639. The van der Waals surface area contributed by atoms with Crippen molar-refractivity contribution in [2.45, 2.75) is 38.5 Å². The average Bonchev–Trinajstić information content (AvgIpc) is 3.07. The van der Waals surface area contributed by atoms with E-state index in [0.29, 0.717) is 11.5 Å². The highest BCUT2D eigenvalue weighted by molar-refractivity contribution is 5.96. The standard InChI is InChI=1S/C16H17NO3/c1-10-6-2-5-9-12(10)14-13(16(18)19)15(20-17-14)11-7-3-4-8-11/h2,5-6,9,11H,3-4,7-8H2,1H3,(H,18,19). The van der Waals surface area contributed by atoms with Crippen LogP contribution < -0.4 is 0 Å². The van der Waals surface area contributed by atoms with Crippen LogP contribution in [0.2, 0.25) is 0 Å². The van der Waals surface area contributed by atoms with E-state index >= 15 is 0 Å². The summed E-state index contributed by atoms with van der Waals surface area (Å²) in [6.07, 6.45) is 4.24. The molecular weight excluding hydrogens is 254 g/mol. The van der Waals surface area contributed by atoms with Gasteiger partial charge in [-0.3, -0.25) is 0 Å². The summed E-state index contributed by atoms with van der Waals surface area (Å²) in [6, 6.07) is 7.65. The molecule has 0 atom stereocenters. The van der Waals surface area contributed by atoms with Crippen LogP contribution in [-0.4, -0.2) is 16.2 Å². The Morgan fingerprint density at radius 3 is 2.65 bits per heavy atom. The fraction of sp³-hybridized carbons (Fsp3) is 0.375. The van der Waals surface area contributed by atoms with Crippen LogP contribution in [0.25, 0.3) is 11.3 Å². The molecule has 1 aliphatic rings. The molecule has 4 heteroatoms. The van der Waals surface area contributed by atoms with Crippen LogP contribution in [0.15, 0.2) is 28.8 Å². The molecule has 4 nitrogen and oxygen atoms in total. The number of benzene rings is 1. The van der Waals surface area contributed by atoms with Crippen LogP contribution in [0.4, 0.5) is 0 Å². The van der Waals surface area contributed by atoms with Gasteiger partial charge in [0.1, 0.15) is 11.3 Å². The zero-order valence-electron chi connectivity index (χ0n) is 11.4. The van der Waals surface area contributed by atoms with Gasteiger partial charge in [-0.25, -0.2) is 4.79 Å². The monoisotopic (exact) mass is 271 g/mol. The number of hydrogen-bond acceptors (Lipinski definition) is 3. The molecule has 1 aromatic carbocycles. The van der Waals surface area contributed by atoms with Crippen LogP contribution in [0.1, 0.15) is 53.3 Å². The number of rotatable bonds is 3. The van der Waals surface area contributed by atoms with Gasteiger partial charge in [-0.1, -0.05) is 42.3 Å². The quantitative estimate of drug-likeness (QED) is 0.916. The van der Waals surface area contributed by atoms with Crippen molar-refractivity contribution in [3.05, 3.63) is 41.2 Å². The lowest BCUT2D eigenvalue weighted by Gasteiger charge is -2.06. The van der Waals surface area contributed by atoms with E-state index in [2.05, 4.69) is 5.16 Å². The summed E-state index contributed by atoms with van der Waals surface area (Å²) in [5.41, 5.74) is 2.53. The first kappa shape index (κ1) is 12.9. The molecule has 0 aliphatic heterocycles. The topological polar surface area (TPSA) is 63.3 Å². The summed E-state index contributed by atoms with van der Waals surface area (Å²) >= 11 is 0. The van der Waals surface area contributed by atoms with Crippen LogP contribution >= 0.6 is 0 Å². The summed E-state index contributed by atoms with van der Waals surface area (Å²) in [6.45, 7) is 1.95. The van der Waals surface area contributed by atoms with Crippen molar-refractivity contribution < 1.29 is 14.4 Å². The smallest absolute Gasteiger partial charge is 0.341 e. The number of carboxylic acids is 1. The summed E-state index contributed by atoms with van der Waals surface area (Å²) in [5, 5.41) is 13.6. The Morgan fingerprint density at radius 1 is 1.30 bits per heavy atom.